The highest BCUT2D eigenvalue weighted by Gasteiger charge is 2.18. The summed E-state index contributed by atoms with van der Waals surface area (Å²) in [5.74, 6) is 0. The zero-order valence-corrected chi connectivity index (χ0v) is 5.25. The Labute approximate surface area is 54.7 Å². The van der Waals surface area contributed by atoms with Crippen molar-refractivity contribution in [2.45, 2.75) is 18.9 Å². The maximum Gasteiger partial charge on any atom is 0.0884 e. The van der Waals surface area contributed by atoms with Gasteiger partial charge in [-0.1, -0.05) is 0 Å². The van der Waals surface area contributed by atoms with Gasteiger partial charge in [0.2, 0.25) is 0 Å². The molecule has 0 amide bonds. The first-order valence-electron chi connectivity index (χ1n) is 3.13. The highest BCUT2D eigenvalue weighted by Crippen LogP contribution is 2.08. The fourth-order valence-corrected chi connectivity index (χ4v) is 0.952. The van der Waals surface area contributed by atoms with Gasteiger partial charge < -0.3 is 5.11 Å². The molecule has 0 aromatic carbocycles. The fraction of sp³-hybridized carbons (Fsp3) is 0.833. The molecule has 0 unspecified atom stereocenters. The molecule has 1 aliphatic rings. The molecule has 0 aliphatic carbocycles. The Balaban J connectivity index is 2.28. The summed E-state index contributed by atoms with van der Waals surface area (Å²) in [5.41, 5.74) is 0. The van der Waals surface area contributed by atoms with Crippen molar-refractivity contribution in [3.05, 3.63) is 11.5 Å². The molecule has 1 N–H and O–H groups in total. The van der Waals surface area contributed by atoms with E-state index in [2.05, 4.69) is 4.95 Å². The summed E-state index contributed by atoms with van der Waals surface area (Å²) in [6, 6.07) is 0. The molecule has 0 bridgehead atoms. The number of aliphatic hydroxyl groups excluding tert-OH is 1. The molecule has 3 heteroatoms. The molecule has 1 fully saturated rings. The number of hydrogen-bond donors (Lipinski definition) is 1. The molecule has 1 aliphatic heterocycles. The molecule has 0 aromatic rings. The van der Waals surface area contributed by atoms with Crippen molar-refractivity contribution >= 4 is 0 Å². The Morgan fingerprint density at radius 3 is 2.44 bits per heavy atom. The quantitative estimate of drug-likeness (QED) is 0.472. The van der Waals surface area contributed by atoms with Crippen LogP contribution in [-0.4, -0.2) is 29.3 Å². The normalized spacial score (nSPS) is 21.6. The molecule has 0 radical (unpaired) electrons. The third kappa shape index (κ3) is 1.58. The summed E-state index contributed by atoms with van der Waals surface area (Å²) >= 11 is 0. The first-order valence-corrected chi connectivity index (χ1v) is 3.13. The minimum absolute atomic E-state index is 0.164. The van der Waals surface area contributed by atoms with E-state index in [9.17, 15) is 0 Å². The van der Waals surface area contributed by atoms with Gasteiger partial charge in [0, 0.05) is 0 Å². The predicted molar refractivity (Wildman–Crippen MR) is 33.4 cm³/mol. The monoisotopic (exact) mass is 126 g/mol. The lowest BCUT2D eigenvalue weighted by Gasteiger charge is -2.19. The van der Waals surface area contributed by atoms with E-state index in [0.717, 1.165) is 25.9 Å². The van der Waals surface area contributed by atoms with Crippen LogP contribution in [0.3, 0.4) is 0 Å². The molecule has 0 spiro atoms. The molecule has 0 aromatic heterocycles. The molecule has 0 saturated carbocycles. The van der Waals surface area contributed by atoms with Crippen molar-refractivity contribution in [1.29, 1.82) is 0 Å². The summed E-state index contributed by atoms with van der Waals surface area (Å²) in [6.07, 6.45) is 1.34. The van der Waals surface area contributed by atoms with Crippen LogP contribution < -0.4 is 0 Å². The Morgan fingerprint density at radius 2 is 2.00 bits per heavy atom. The van der Waals surface area contributed by atoms with Crippen LogP contribution in [0.15, 0.2) is 0 Å². The zero-order valence-electron chi connectivity index (χ0n) is 5.25. The first kappa shape index (κ1) is 6.37. The Morgan fingerprint density at radius 1 is 1.44 bits per heavy atom. The lowest BCUT2D eigenvalue weighted by atomic mass is 10.1. The molecule has 1 rings (SSSR count). The molecular formula is C6H10N2O. The number of piperidine rings is 1. The van der Waals surface area contributed by atoms with E-state index in [1.165, 1.54) is 0 Å². The van der Waals surface area contributed by atoms with Crippen molar-refractivity contribution < 1.29 is 5.11 Å². The molecule has 9 heavy (non-hydrogen) atoms. The minimum atomic E-state index is -0.164. The van der Waals surface area contributed by atoms with Crippen LogP contribution in [0.1, 0.15) is 12.8 Å². The minimum Gasteiger partial charge on any atom is -0.393 e. The zero-order chi connectivity index (χ0) is 6.69. The van der Waals surface area contributed by atoms with Crippen LogP contribution in [0, 0.1) is 6.57 Å². The first-order chi connectivity index (χ1) is 4.33. The molecule has 1 saturated heterocycles. The Hall–Kier alpha value is -0.750. The van der Waals surface area contributed by atoms with Gasteiger partial charge in [-0.15, -0.1) is 5.01 Å². The number of nitrogens with zero attached hydrogens (tertiary/aromatic N) is 2. The Bertz CT molecular complexity index is 122. The van der Waals surface area contributed by atoms with Crippen molar-refractivity contribution in [2.75, 3.05) is 13.1 Å². The van der Waals surface area contributed by atoms with Crippen molar-refractivity contribution in [1.82, 2.24) is 5.01 Å². The van der Waals surface area contributed by atoms with E-state index in [4.69, 9.17) is 11.7 Å². The summed E-state index contributed by atoms with van der Waals surface area (Å²) in [5, 5.41) is 10.7. The number of hydrogen-bond acceptors (Lipinski definition) is 2. The van der Waals surface area contributed by atoms with E-state index in [0.29, 0.717) is 0 Å². The van der Waals surface area contributed by atoms with Gasteiger partial charge in [0.15, 0.2) is 0 Å². The standard InChI is InChI=1S/C6H10N2O/c1-7-8-4-2-6(9)3-5-8/h6,9H,2-5H2. The van der Waals surface area contributed by atoms with E-state index in [1.54, 1.807) is 5.01 Å². The van der Waals surface area contributed by atoms with E-state index in [-0.39, 0.29) is 6.10 Å². The van der Waals surface area contributed by atoms with Gasteiger partial charge in [-0.3, -0.25) is 0 Å². The van der Waals surface area contributed by atoms with Gasteiger partial charge in [-0.05, 0) is 12.8 Å². The third-order valence-corrected chi connectivity index (χ3v) is 1.58. The van der Waals surface area contributed by atoms with Crippen molar-refractivity contribution in [3.63, 3.8) is 0 Å². The second kappa shape index (κ2) is 2.70. The van der Waals surface area contributed by atoms with E-state index in [1.807, 2.05) is 0 Å². The second-order valence-corrected chi connectivity index (χ2v) is 2.28. The molecule has 50 valence electrons. The van der Waals surface area contributed by atoms with Crippen molar-refractivity contribution in [2.24, 2.45) is 0 Å². The summed E-state index contributed by atoms with van der Waals surface area (Å²) in [7, 11) is 0. The predicted octanol–water partition coefficient (Wildman–Crippen LogP) is 0.277. The molecule has 3 nitrogen and oxygen atoms in total. The maximum absolute atomic E-state index is 8.99. The number of aliphatic hydroxyl groups is 1. The average Bonchev–Trinajstić information content (AvgIpc) is 1.90. The van der Waals surface area contributed by atoms with Crippen molar-refractivity contribution in [3.8, 4) is 0 Å². The van der Waals surface area contributed by atoms with Crippen LogP contribution in [0.25, 0.3) is 4.95 Å². The van der Waals surface area contributed by atoms with Gasteiger partial charge in [-0.25, -0.2) is 0 Å². The van der Waals surface area contributed by atoms with Crippen LogP contribution in [0.4, 0.5) is 0 Å². The van der Waals surface area contributed by atoms with E-state index >= 15 is 0 Å². The fourth-order valence-electron chi connectivity index (χ4n) is 0.952. The largest absolute Gasteiger partial charge is 0.393 e. The van der Waals surface area contributed by atoms with Gasteiger partial charge >= 0.3 is 0 Å². The van der Waals surface area contributed by atoms with Gasteiger partial charge in [-0.2, -0.15) is 11.5 Å². The van der Waals surface area contributed by atoms with Crippen LogP contribution in [0.5, 0.6) is 0 Å². The average molecular weight is 126 g/mol. The van der Waals surface area contributed by atoms with Crippen LogP contribution in [-0.2, 0) is 0 Å². The highest BCUT2D eigenvalue weighted by atomic mass is 16.3. The molecule has 0 atom stereocenters. The maximum atomic E-state index is 8.99. The lowest BCUT2D eigenvalue weighted by molar-refractivity contribution is 0.101. The third-order valence-electron chi connectivity index (χ3n) is 1.58. The number of rotatable bonds is 0. The molecule has 1 heterocycles. The van der Waals surface area contributed by atoms with E-state index < -0.39 is 0 Å². The smallest absolute Gasteiger partial charge is 0.0884 e. The molecular weight excluding hydrogens is 116 g/mol. The second-order valence-electron chi connectivity index (χ2n) is 2.28. The lowest BCUT2D eigenvalue weighted by Crippen LogP contribution is -2.30. The van der Waals surface area contributed by atoms with Crippen LogP contribution in [0.2, 0.25) is 0 Å². The van der Waals surface area contributed by atoms with Gasteiger partial charge in [0.05, 0.1) is 19.2 Å². The highest BCUT2D eigenvalue weighted by molar-refractivity contribution is 4.72. The van der Waals surface area contributed by atoms with Gasteiger partial charge in [0.25, 0.3) is 0 Å². The summed E-state index contributed by atoms with van der Waals surface area (Å²) < 4.78 is 0. The SMILES string of the molecule is [C-]#[N+]N1CCC(O)CC1. The summed E-state index contributed by atoms with van der Waals surface area (Å²) in [6.45, 7) is 8.09. The summed E-state index contributed by atoms with van der Waals surface area (Å²) in [4.78, 5) is 3.25. The van der Waals surface area contributed by atoms with Crippen LogP contribution >= 0.6 is 0 Å². The Kier molecular flexibility index (Phi) is 1.91. The topological polar surface area (TPSA) is 27.8 Å². The van der Waals surface area contributed by atoms with Gasteiger partial charge in [0.1, 0.15) is 0 Å².